The highest BCUT2D eigenvalue weighted by Crippen LogP contribution is 2.18. The highest BCUT2D eigenvalue weighted by Gasteiger charge is 2.22. The van der Waals surface area contributed by atoms with E-state index in [0.717, 1.165) is 31.1 Å². The van der Waals surface area contributed by atoms with Gasteiger partial charge < -0.3 is 15.2 Å². The van der Waals surface area contributed by atoms with Crippen molar-refractivity contribution in [2.24, 2.45) is 5.73 Å². The fourth-order valence-corrected chi connectivity index (χ4v) is 2.41. The Morgan fingerprint density at radius 3 is 2.67 bits per heavy atom. The molecule has 18 heavy (non-hydrogen) atoms. The molecule has 1 aromatic carbocycles. The van der Waals surface area contributed by atoms with Crippen molar-refractivity contribution in [3.63, 3.8) is 0 Å². The van der Waals surface area contributed by atoms with Crippen LogP contribution in [-0.2, 0) is 0 Å². The number of hydrogen-bond donors (Lipinski definition) is 1. The average Bonchev–Trinajstić information content (AvgIpc) is 2.87. The molecule has 0 bridgehead atoms. The molecule has 0 aliphatic carbocycles. The van der Waals surface area contributed by atoms with Gasteiger partial charge in [0.1, 0.15) is 18.1 Å². The summed E-state index contributed by atoms with van der Waals surface area (Å²) in [6.45, 7) is 3.56. The zero-order chi connectivity index (χ0) is 12.8. The summed E-state index contributed by atoms with van der Waals surface area (Å²) in [4.78, 5) is 2.42. The largest absolute Gasteiger partial charge is 0.497 e. The lowest BCUT2D eigenvalue weighted by Crippen LogP contribution is -2.37. The fourth-order valence-electron chi connectivity index (χ4n) is 2.41. The van der Waals surface area contributed by atoms with E-state index in [1.165, 1.54) is 12.8 Å². The number of nitrogens with two attached hydrogens (primary N) is 1. The van der Waals surface area contributed by atoms with Gasteiger partial charge in [-0.3, -0.25) is 4.90 Å². The van der Waals surface area contributed by atoms with Crippen LogP contribution in [0.25, 0.3) is 0 Å². The number of ether oxygens (including phenoxy) is 2. The Kier molecular flexibility index (Phi) is 4.84. The molecule has 1 fully saturated rings. The third-order valence-electron chi connectivity index (χ3n) is 3.48. The molecule has 1 aliphatic heterocycles. The zero-order valence-corrected chi connectivity index (χ0v) is 11.0. The SMILES string of the molecule is COc1ccc(OCCN2CCCC2CN)cc1. The molecule has 0 saturated carbocycles. The number of nitrogens with zero attached hydrogens (tertiary/aromatic N) is 1. The van der Waals surface area contributed by atoms with Gasteiger partial charge in [-0.25, -0.2) is 0 Å². The number of likely N-dealkylation sites (tertiary alicyclic amines) is 1. The van der Waals surface area contributed by atoms with Crippen LogP contribution in [0.5, 0.6) is 11.5 Å². The van der Waals surface area contributed by atoms with Crippen molar-refractivity contribution in [3.05, 3.63) is 24.3 Å². The summed E-state index contributed by atoms with van der Waals surface area (Å²) >= 11 is 0. The van der Waals surface area contributed by atoms with Crippen molar-refractivity contribution >= 4 is 0 Å². The van der Waals surface area contributed by atoms with Crippen LogP contribution in [0.4, 0.5) is 0 Å². The minimum Gasteiger partial charge on any atom is -0.497 e. The standard InChI is InChI=1S/C14H22N2O2/c1-17-13-4-6-14(7-5-13)18-10-9-16-8-2-3-12(16)11-15/h4-7,12H,2-3,8-11,15H2,1H3. The Balaban J connectivity index is 1.74. The van der Waals surface area contributed by atoms with E-state index in [0.29, 0.717) is 12.6 Å². The quantitative estimate of drug-likeness (QED) is 0.831. The van der Waals surface area contributed by atoms with Crippen LogP contribution in [0.1, 0.15) is 12.8 Å². The van der Waals surface area contributed by atoms with E-state index in [2.05, 4.69) is 4.90 Å². The predicted molar refractivity (Wildman–Crippen MR) is 72.1 cm³/mol. The number of hydrogen-bond acceptors (Lipinski definition) is 4. The van der Waals surface area contributed by atoms with Gasteiger partial charge in [0.15, 0.2) is 0 Å². The molecular formula is C14H22N2O2. The first kappa shape index (κ1) is 13.2. The van der Waals surface area contributed by atoms with Gasteiger partial charge in [0.25, 0.3) is 0 Å². The molecular weight excluding hydrogens is 228 g/mol. The van der Waals surface area contributed by atoms with Crippen molar-refractivity contribution < 1.29 is 9.47 Å². The number of methoxy groups -OCH3 is 1. The first-order chi connectivity index (χ1) is 8.83. The van der Waals surface area contributed by atoms with E-state index in [4.69, 9.17) is 15.2 Å². The Labute approximate surface area is 109 Å². The van der Waals surface area contributed by atoms with Gasteiger partial charge in [0.2, 0.25) is 0 Å². The Morgan fingerprint density at radius 2 is 2.00 bits per heavy atom. The molecule has 0 amide bonds. The van der Waals surface area contributed by atoms with Crippen LogP contribution in [0.15, 0.2) is 24.3 Å². The molecule has 1 aliphatic rings. The first-order valence-corrected chi connectivity index (χ1v) is 6.54. The highest BCUT2D eigenvalue weighted by molar-refractivity contribution is 5.31. The topological polar surface area (TPSA) is 47.7 Å². The van der Waals surface area contributed by atoms with Crippen LogP contribution >= 0.6 is 0 Å². The zero-order valence-electron chi connectivity index (χ0n) is 11.0. The maximum absolute atomic E-state index is 5.74. The van der Waals surface area contributed by atoms with Crippen molar-refractivity contribution in [2.75, 3.05) is 33.4 Å². The molecule has 4 nitrogen and oxygen atoms in total. The van der Waals surface area contributed by atoms with Gasteiger partial charge >= 0.3 is 0 Å². The minimum absolute atomic E-state index is 0.546. The summed E-state index contributed by atoms with van der Waals surface area (Å²) in [6.07, 6.45) is 2.48. The first-order valence-electron chi connectivity index (χ1n) is 6.54. The van der Waals surface area contributed by atoms with E-state index < -0.39 is 0 Å². The van der Waals surface area contributed by atoms with E-state index in [1.54, 1.807) is 7.11 Å². The van der Waals surface area contributed by atoms with Crippen LogP contribution in [0.2, 0.25) is 0 Å². The molecule has 0 aromatic heterocycles. The molecule has 1 aromatic rings. The molecule has 0 radical (unpaired) electrons. The van der Waals surface area contributed by atoms with E-state index in [-0.39, 0.29) is 0 Å². The number of rotatable bonds is 6. The van der Waals surface area contributed by atoms with Gasteiger partial charge in [0.05, 0.1) is 7.11 Å². The molecule has 2 N–H and O–H groups in total. The Bertz CT molecular complexity index is 353. The Hall–Kier alpha value is -1.26. The minimum atomic E-state index is 0.546. The predicted octanol–water partition coefficient (Wildman–Crippen LogP) is 1.50. The highest BCUT2D eigenvalue weighted by atomic mass is 16.5. The second-order valence-electron chi connectivity index (χ2n) is 4.59. The third kappa shape index (κ3) is 3.37. The van der Waals surface area contributed by atoms with E-state index >= 15 is 0 Å². The third-order valence-corrected chi connectivity index (χ3v) is 3.48. The summed E-state index contributed by atoms with van der Waals surface area (Å²) in [6, 6.07) is 8.23. The molecule has 1 saturated heterocycles. The van der Waals surface area contributed by atoms with E-state index in [1.807, 2.05) is 24.3 Å². The summed E-state index contributed by atoms with van der Waals surface area (Å²) in [5.74, 6) is 1.74. The maximum Gasteiger partial charge on any atom is 0.119 e. The summed E-state index contributed by atoms with van der Waals surface area (Å²) in [7, 11) is 1.66. The molecule has 1 atom stereocenters. The average molecular weight is 250 g/mol. The molecule has 1 unspecified atom stereocenters. The maximum atomic E-state index is 5.74. The summed E-state index contributed by atoms with van der Waals surface area (Å²) < 4.78 is 10.8. The molecule has 2 rings (SSSR count). The van der Waals surface area contributed by atoms with Gasteiger partial charge in [-0.15, -0.1) is 0 Å². The van der Waals surface area contributed by atoms with Gasteiger partial charge in [-0.2, -0.15) is 0 Å². The van der Waals surface area contributed by atoms with Crippen molar-refractivity contribution in [1.82, 2.24) is 4.90 Å². The normalized spacial score (nSPS) is 20.0. The Morgan fingerprint density at radius 1 is 1.28 bits per heavy atom. The summed E-state index contributed by atoms with van der Waals surface area (Å²) in [5.41, 5.74) is 5.74. The molecule has 4 heteroatoms. The van der Waals surface area contributed by atoms with Gasteiger partial charge in [0, 0.05) is 19.1 Å². The van der Waals surface area contributed by atoms with E-state index in [9.17, 15) is 0 Å². The lowest BCUT2D eigenvalue weighted by atomic mass is 10.2. The van der Waals surface area contributed by atoms with Crippen LogP contribution in [-0.4, -0.2) is 44.3 Å². The molecule has 100 valence electrons. The van der Waals surface area contributed by atoms with Gasteiger partial charge in [-0.05, 0) is 43.7 Å². The monoisotopic (exact) mass is 250 g/mol. The van der Waals surface area contributed by atoms with Crippen molar-refractivity contribution in [3.8, 4) is 11.5 Å². The summed E-state index contributed by atoms with van der Waals surface area (Å²) in [5, 5.41) is 0. The van der Waals surface area contributed by atoms with Crippen molar-refractivity contribution in [1.29, 1.82) is 0 Å². The van der Waals surface area contributed by atoms with Crippen LogP contribution in [0.3, 0.4) is 0 Å². The number of benzene rings is 1. The molecule has 0 spiro atoms. The molecule has 1 heterocycles. The van der Waals surface area contributed by atoms with Crippen LogP contribution in [0, 0.1) is 0 Å². The lowest BCUT2D eigenvalue weighted by Gasteiger charge is -2.22. The van der Waals surface area contributed by atoms with Crippen molar-refractivity contribution in [2.45, 2.75) is 18.9 Å². The second-order valence-corrected chi connectivity index (χ2v) is 4.59. The smallest absolute Gasteiger partial charge is 0.119 e. The lowest BCUT2D eigenvalue weighted by molar-refractivity contribution is 0.199. The fraction of sp³-hybridized carbons (Fsp3) is 0.571. The second kappa shape index (κ2) is 6.61. The van der Waals surface area contributed by atoms with Gasteiger partial charge in [-0.1, -0.05) is 0 Å². The van der Waals surface area contributed by atoms with Crippen LogP contribution < -0.4 is 15.2 Å².